The summed E-state index contributed by atoms with van der Waals surface area (Å²) in [5, 5.41) is 15.0. The van der Waals surface area contributed by atoms with E-state index in [2.05, 4.69) is 20.8 Å². The zero-order chi connectivity index (χ0) is 19.8. The molecular weight excluding hydrogens is 366 g/mol. The first-order valence-electron chi connectivity index (χ1n) is 8.84. The van der Waals surface area contributed by atoms with Crippen LogP contribution in [-0.2, 0) is 14.3 Å². The van der Waals surface area contributed by atoms with Crippen molar-refractivity contribution in [2.75, 3.05) is 12.4 Å². The highest BCUT2D eigenvalue weighted by Gasteiger charge is 2.15. The van der Waals surface area contributed by atoms with E-state index in [0.717, 1.165) is 29.7 Å². The Morgan fingerprint density at radius 2 is 2.11 bits per heavy atom. The van der Waals surface area contributed by atoms with Gasteiger partial charge in [0.25, 0.3) is 5.91 Å². The summed E-state index contributed by atoms with van der Waals surface area (Å²) in [7, 11) is 0. The zero-order valence-electron chi connectivity index (χ0n) is 16.1. The van der Waals surface area contributed by atoms with Crippen LogP contribution in [-0.4, -0.2) is 50.5 Å². The van der Waals surface area contributed by atoms with Gasteiger partial charge in [-0.15, -0.1) is 5.10 Å². The lowest BCUT2D eigenvalue weighted by Crippen LogP contribution is -2.35. The van der Waals surface area contributed by atoms with Crippen molar-refractivity contribution >= 4 is 23.6 Å². The number of tetrazole rings is 1. The van der Waals surface area contributed by atoms with Gasteiger partial charge in [0.05, 0.1) is 11.4 Å². The van der Waals surface area contributed by atoms with Crippen LogP contribution in [0.4, 0.5) is 0 Å². The Bertz CT molecular complexity index is 793. The number of amides is 1. The first-order valence-corrected chi connectivity index (χ1v) is 9.83. The molecule has 1 N–H and O–H groups in total. The molecule has 9 heteroatoms. The van der Waals surface area contributed by atoms with E-state index in [0.29, 0.717) is 5.16 Å². The minimum absolute atomic E-state index is 0.0169. The molecule has 0 fully saturated rings. The lowest BCUT2D eigenvalue weighted by Gasteiger charge is -2.12. The van der Waals surface area contributed by atoms with Crippen LogP contribution in [0.15, 0.2) is 23.4 Å². The minimum atomic E-state index is -0.492. The molecule has 2 aromatic rings. The number of hydrogen-bond acceptors (Lipinski definition) is 7. The lowest BCUT2D eigenvalue weighted by molar-refractivity contribution is -0.146. The van der Waals surface area contributed by atoms with Gasteiger partial charge in [0.1, 0.15) is 0 Å². The van der Waals surface area contributed by atoms with Gasteiger partial charge < -0.3 is 10.1 Å². The standard InChI is InChI=1S/C18H25N5O3S/c1-5-6-14(4)19-16(24)10-26-17(25)11-27-18-20-21-22-23(18)15-9-12(2)7-8-13(15)3/h7-9,14H,5-6,10-11H2,1-4H3,(H,19,24)/t14-/m0/s1. The van der Waals surface area contributed by atoms with Gasteiger partial charge in [0, 0.05) is 6.04 Å². The van der Waals surface area contributed by atoms with E-state index in [4.69, 9.17) is 4.74 Å². The van der Waals surface area contributed by atoms with Crippen molar-refractivity contribution in [3.05, 3.63) is 29.3 Å². The number of carbonyl (C=O) groups is 2. The molecule has 0 aliphatic rings. The molecule has 1 atom stereocenters. The molecule has 0 saturated carbocycles. The molecule has 0 saturated heterocycles. The van der Waals surface area contributed by atoms with Gasteiger partial charge in [0.2, 0.25) is 5.16 Å². The molecule has 1 aromatic carbocycles. The Labute approximate surface area is 163 Å². The van der Waals surface area contributed by atoms with Crippen LogP contribution < -0.4 is 5.32 Å². The minimum Gasteiger partial charge on any atom is -0.455 e. The smallest absolute Gasteiger partial charge is 0.316 e. The van der Waals surface area contributed by atoms with E-state index in [1.165, 1.54) is 11.8 Å². The topological polar surface area (TPSA) is 99.0 Å². The fourth-order valence-corrected chi connectivity index (χ4v) is 3.18. The van der Waals surface area contributed by atoms with Gasteiger partial charge in [0.15, 0.2) is 6.61 Å². The summed E-state index contributed by atoms with van der Waals surface area (Å²) in [5.74, 6) is -0.772. The maximum Gasteiger partial charge on any atom is 0.316 e. The molecule has 0 aliphatic heterocycles. The van der Waals surface area contributed by atoms with Gasteiger partial charge in [-0.2, -0.15) is 4.68 Å². The second-order valence-electron chi connectivity index (χ2n) is 6.37. The Balaban J connectivity index is 1.87. The van der Waals surface area contributed by atoms with Crippen molar-refractivity contribution < 1.29 is 14.3 Å². The van der Waals surface area contributed by atoms with Gasteiger partial charge in [-0.1, -0.05) is 37.2 Å². The number of aromatic nitrogens is 4. The molecule has 0 aliphatic carbocycles. The first-order chi connectivity index (χ1) is 12.9. The number of esters is 1. The predicted molar refractivity (Wildman–Crippen MR) is 103 cm³/mol. The van der Waals surface area contributed by atoms with E-state index < -0.39 is 5.97 Å². The average Bonchev–Trinajstić information content (AvgIpc) is 3.08. The van der Waals surface area contributed by atoms with Crippen molar-refractivity contribution in [1.82, 2.24) is 25.5 Å². The number of aryl methyl sites for hydroxylation is 2. The van der Waals surface area contributed by atoms with Crippen LogP contribution in [0.25, 0.3) is 5.69 Å². The molecule has 27 heavy (non-hydrogen) atoms. The molecule has 8 nitrogen and oxygen atoms in total. The number of nitrogens with one attached hydrogen (secondary N) is 1. The summed E-state index contributed by atoms with van der Waals surface area (Å²) in [6, 6.07) is 6.06. The number of thioether (sulfide) groups is 1. The first kappa shape index (κ1) is 20.9. The number of benzene rings is 1. The van der Waals surface area contributed by atoms with Crippen LogP contribution in [0.1, 0.15) is 37.8 Å². The highest BCUT2D eigenvalue weighted by atomic mass is 32.2. The summed E-state index contributed by atoms with van der Waals surface area (Å²) in [6.07, 6.45) is 1.86. The second-order valence-corrected chi connectivity index (χ2v) is 7.31. The second kappa shape index (κ2) is 10.1. The van der Waals surface area contributed by atoms with E-state index in [-0.39, 0.29) is 24.3 Å². The maximum absolute atomic E-state index is 11.9. The lowest BCUT2D eigenvalue weighted by atomic mass is 10.1. The summed E-state index contributed by atoms with van der Waals surface area (Å²) in [4.78, 5) is 23.7. The summed E-state index contributed by atoms with van der Waals surface area (Å²) >= 11 is 1.17. The molecule has 1 heterocycles. The third-order valence-corrected chi connectivity index (χ3v) is 4.74. The number of carbonyl (C=O) groups excluding carboxylic acids is 2. The quantitative estimate of drug-likeness (QED) is 0.517. The van der Waals surface area contributed by atoms with Gasteiger partial charge >= 0.3 is 5.97 Å². The number of ether oxygens (including phenoxy) is 1. The maximum atomic E-state index is 11.9. The normalized spacial score (nSPS) is 11.9. The predicted octanol–water partition coefficient (Wildman–Crippen LogP) is 2.22. The third kappa shape index (κ3) is 6.35. The molecule has 1 amide bonds. The summed E-state index contributed by atoms with van der Waals surface area (Å²) < 4.78 is 6.62. The summed E-state index contributed by atoms with van der Waals surface area (Å²) in [6.45, 7) is 7.65. The molecule has 0 radical (unpaired) electrons. The van der Waals surface area contributed by atoms with Crippen LogP contribution in [0.5, 0.6) is 0 Å². The molecule has 146 valence electrons. The average molecular weight is 391 g/mol. The Morgan fingerprint density at radius 3 is 2.85 bits per heavy atom. The highest BCUT2D eigenvalue weighted by molar-refractivity contribution is 7.99. The van der Waals surface area contributed by atoms with E-state index in [9.17, 15) is 9.59 Å². The van der Waals surface area contributed by atoms with Crippen LogP contribution >= 0.6 is 11.8 Å². The Morgan fingerprint density at radius 1 is 1.33 bits per heavy atom. The van der Waals surface area contributed by atoms with Crippen LogP contribution in [0.3, 0.4) is 0 Å². The van der Waals surface area contributed by atoms with Crippen molar-refractivity contribution in [2.24, 2.45) is 0 Å². The SMILES string of the molecule is CCC[C@H](C)NC(=O)COC(=O)CSc1nnnn1-c1cc(C)ccc1C. The third-order valence-electron chi connectivity index (χ3n) is 3.85. The van der Waals surface area contributed by atoms with Crippen LogP contribution in [0.2, 0.25) is 0 Å². The highest BCUT2D eigenvalue weighted by Crippen LogP contribution is 2.21. The molecule has 2 rings (SSSR count). The zero-order valence-corrected chi connectivity index (χ0v) is 16.9. The molecule has 1 aromatic heterocycles. The Hall–Kier alpha value is -2.42. The fourth-order valence-electron chi connectivity index (χ4n) is 2.50. The van der Waals surface area contributed by atoms with Crippen molar-refractivity contribution in [2.45, 2.75) is 51.7 Å². The summed E-state index contributed by atoms with van der Waals surface area (Å²) in [5.41, 5.74) is 2.97. The molecule has 0 bridgehead atoms. The molecular formula is C18H25N5O3S. The monoisotopic (exact) mass is 391 g/mol. The largest absolute Gasteiger partial charge is 0.455 e. The van der Waals surface area contributed by atoms with Crippen molar-refractivity contribution in [3.8, 4) is 5.69 Å². The van der Waals surface area contributed by atoms with E-state index in [1.807, 2.05) is 45.9 Å². The van der Waals surface area contributed by atoms with Crippen molar-refractivity contribution in [3.63, 3.8) is 0 Å². The van der Waals surface area contributed by atoms with Gasteiger partial charge in [-0.25, -0.2) is 0 Å². The number of nitrogens with zero attached hydrogens (tertiary/aromatic N) is 4. The number of rotatable bonds is 9. The Kier molecular flexibility index (Phi) is 7.78. The van der Waals surface area contributed by atoms with Crippen molar-refractivity contribution in [1.29, 1.82) is 0 Å². The van der Waals surface area contributed by atoms with E-state index in [1.54, 1.807) is 4.68 Å². The molecule has 0 unspecified atom stereocenters. The molecule has 0 spiro atoms. The van der Waals surface area contributed by atoms with Crippen LogP contribution in [0, 0.1) is 13.8 Å². The van der Waals surface area contributed by atoms with Gasteiger partial charge in [-0.05, 0) is 54.8 Å². The fraction of sp³-hybridized carbons (Fsp3) is 0.500. The number of hydrogen-bond donors (Lipinski definition) is 1. The van der Waals surface area contributed by atoms with Gasteiger partial charge in [-0.3, -0.25) is 9.59 Å². The van der Waals surface area contributed by atoms with E-state index >= 15 is 0 Å².